The highest BCUT2D eigenvalue weighted by Gasteiger charge is 2.09. The predicted octanol–water partition coefficient (Wildman–Crippen LogP) is 2.08. The van der Waals surface area contributed by atoms with Crippen LogP contribution in [0.3, 0.4) is 0 Å². The largest absolute Gasteiger partial charge is 0.411 e. The van der Waals surface area contributed by atoms with Gasteiger partial charge in [-0.25, -0.2) is 0 Å². The van der Waals surface area contributed by atoms with Crippen LogP contribution in [0, 0.1) is 0 Å². The lowest BCUT2D eigenvalue weighted by Gasteiger charge is -1.94. The maximum Gasteiger partial charge on any atom is 0.277 e. The Balaban J connectivity index is 2.12. The summed E-state index contributed by atoms with van der Waals surface area (Å²) in [7, 11) is 0. The van der Waals surface area contributed by atoms with E-state index in [2.05, 4.69) is 26.1 Å². The van der Waals surface area contributed by atoms with Crippen LogP contribution < -0.4 is 5.73 Å². The number of amides is 1. The van der Waals surface area contributed by atoms with Crippen molar-refractivity contribution in [3.05, 3.63) is 28.7 Å². The molecule has 1 heterocycles. The molecule has 7 heteroatoms. The lowest BCUT2D eigenvalue weighted by atomic mass is 10.2. The average molecular weight is 314 g/mol. The van der Waals surface area contributed by atoms with Crippen LogP contribution in [0.2, 0.25) is 0 Å². The Labute approximate surface area is 110 Å². The first-order valence-corrected chi connectivity index (χ1v) is 6.43. The van der Waals surface area contributed by atoms with Gasteiger partial charge in [-0.3, -0.25) is 4.79 Å². The summed E-state index contributed by atoms with van der Waals surface area (Å²) in [6.45, 7) is 0. The van der Waals surface area contributed by atoms with Crippen molar-refractivity contribution in [3.63, 3.8) is 0 Å². The number of primary amides is 1. The van der Waals surface area contributed by atoms with Crippen LogP contribution in [0.1, 0.15) is 0 Å². The van der Waals surface area contributed by atoms with Crippen LogP contribution in [0.15, 0.2) is 38.4 Å². The lowest BCUT2D eigenvalue weighted by Crippen LogP contribution is -2.12. The van der Waals surface area contributed by atoms with Crippen molar-refractivity contribution in [2.24, 2.45) is 5.73 Å². The van der Waals surface area contributed by atoms with E-state index in [1.165, 1.54) is 0 Å². The number of aromatic nitrogens is 2. The molecule has 2 aromatic rings. The molecule has 0 spiro atoms. The minimum absolute atomic E-state index is 0.127. The number of nitrogens with two attached hydrogens (primary N) is 1. The third-order valence-electron chi connectivity index (χ3n) is 1.84. The molecule has 2 rings (SSSR count). The van der Waals surface area contributed by atoms with Gasteiger partial charge in [0.05, 0.1) is 5.75 Å². The summed E-state index contributed by atoms with van der Waals surface area (Å²) in [5.74, 6) is 0.130. The van der Waals surface area contributed by atoms with E-state index < -0.39 is 5.91 Å². The highest BCUT2D eigenvalue weighted by molar-refractivity contribution is 9.10. The highest BCUT2D eigenvalue weighted by Crippen LogP contribution is 2.24. The molecule has 88 valence electrons. The smallest absolute Gasteiger partial charge is 0.277 e. The normalized spacial score (nSPS) is 10.4. The average Bonchev–Trinajstić information content (AvgIpc) is 2.76. The maximum atomic E-state index is 10.6. The molecule has 0 unspecified atom stereocenters. The van der Waals surface area contributed by atoms with Gasteiger partial charge in [0.1, 0.15) is 0 Å². The van der Waals surface area contributed by atoms with Crippen LogP contribution >= 0.6 is 27.7 Å². The van der Waals surface area contributed by atoms with E-state index >= 15 is 0 Å². The van der Waals surface area contributed by atoms with Gasteiger partial charge in [0, 0.05) is 10.0 Å². The molecule has 0 saturated heterocycles. The first-order chi connectivity index (χ1) is 8.15. The fourth-order valence-corrected chi connectivity index (χ4v) is 1.88. The molecule has 0 radical (unpaired) electrons. The topological polar surface area (TPSA) is 82.0 Å². The molecule has 0 saturated carbocycles. The number of nitrogens with zero attached hydrogens (tertiary/aromatic N) is 2. The van der Waals surface area contributed by atoms with E-state index in [1.807, 2.05) is 24.3 Å². The molecule has 5 nitrogen and oxygen atoms in total. The first kappa shape index (κ1) is 12.1. The third-order valence-corrected chi connectivity index (χ3v) is 3.20. The van der Waals surface area contributed by atoms with Gasteiger partial charge >= 0.3 is 0 Å². The zero-order valence-corrected chi connectivity index (χ0v) is 11.0. The summed E-state index contributed by atoms with van der Waals surface area (Å²) in [5.41, 5.74) is 5.85. The van der Waals surface area contributed by atoms with Crippen molar-refractivity contribution in [1.29, 1.82) is 0 Å². The zero-order valence-electron chi connectivity index (χ0n) is 8.59. The van der Waals surface area contributed by atoms with Crippen LogP contribution in [0.5, 0.6) is 0 Å². The van der Waals surface area contributed by atoms with Crippen molar-refractivity contribution < 1.29 is 9.21 Å². The number of halogens is 1. The van der Waals surface area contributed by atoms with E-state index in [1.54, 1.807) is 0 Å². The molecular weight excluding hydrogens is 306 g/mol. The number of hydrogen-bond donors (Lipinski definition) is 1. The van der Waals surface area contributed by atoms with E-state index in [-0.39, 0.29) is 5.75 Å². The zero-order chi connectivity index (χ0) is 12.3. The van der Waals surface area contributed by atoms with E-state index in [9.17, 15) is 4.79 Å². The molecule has 0 fully saturated rings. The van der Waals surface area contributed by atoms with Gasteiger partial charge in [-0.05, 0) is 24.3 Å². The Hall–Kier alpha value is -1.34. The fraction of sp³-hybridized carbons (Fsp3) is 0.100. The Kier molecular flexibility index (Phi) is 3.80. The molecule has 0 bridgehead atoms. The fourth-order valence-electron chi connectivity index (χ4n) is 1.11. The van der Waals surface area contributed by atoms with E-state index in [0.717, 1.165) is 21.8 Å². The first-order valence-electron chi connectivity index (χ1n) is 4.65. The van der Waals surface area contributed by atoms with E-state index in [4.69, 9.17) is 10.2 Å². The lowest BCUT2D eigenvalue weighted by molar-refractivity contribution is -0.115. The Morgan fingerprint density at radius 3 is 2.71 bits per heavy atom. The van der Waals surface area contributed by atoms with Crippen LogP contribution in [0.4, 0.5) is 0 Å². The third kappa shape index (κ3) is 3.31. The summed E-state index contributed by atoms with van der Waals surface area (Å²) in [4.78, 5) is 10.6. The molecule has 17 heavy (non-hydrogen) atoms. The van der Waals surface area contributed by atoms with Gasteiger partial charge < -0.3 is 10.2 Å². The number of carbonyl (C=O) groups is 1. The molecule has 0 aliphatic carbocycles. The molecule has 2 N–H and O–H groups in total. The molecule has 0 aliphatic heterocycles. The summed E-state index contributed by atoms with van der Waals surface area (Å²) in [6, 6.07) is 7.49. The van der Waals surface area contributed by atoms with Gasteiger partial charge in [0.2, 0.25) is 11.8 Å². The molecule has 1 amide bonds. The quantitative estimate of drug-likeness (QED) is 0.874. The van der Waals surface area contributed by atoms with Gasteiger partial charge in [0.25, 0.3) is 5.22 Å². The second-order valence-corrected chi connectivity index (χ2v) is 4.98. The van der Waals surface area contributed by atoms with Crippen molar-refractivity contribution in [1.82, 2.24) is 10.2 Å². The highest BCUT2D eigenvalue weighted by atomic mass is 79.9. The minimum atomic E-state index is -0.418. The van der Waals surface area contributed by atoms with E-state index in [0.29, 0.717) is 11.1 Å². The van der Waals surface area contributed by atoms with Crippen LogP contribution in [-0.2, 0) is 4.79 Å². The second kappa shape index (κ2) is 5.33. The summed E-state index contributed by atoms with van der Waals surface area (Å²) < 4.78 is 6.35. The number of benzene rings is 1. The monoisotopic (exact) mass is 313 g/mol. The predicted molar refractivity (Wildman–Crippen MR) is 67.4 cm³/mol. The number of rotatable bonds is 4. The molecule has 0 atom stereocenters. The molecular formula is C10H8BrN3O2S. The Morgan fingerprint density at radius 1 is 1.35 bits per heavy atom. The summed E-state index contributed by atoms with van der Waals surface area (Å²) >= 11 is 4.46. The van der Waals surface area contributed by atoms with Crippen molar-refractivity contribution in [2.45, 2.75) is 5.22 Å². The second-order valence-electron chi connectivity index (χ2n) is 3.14. The van der Waals surface area contributed by atoms with Crippen LogP contribution in [0.25, 0.3) is 11.5 Å². The Bertz CT molecular complexity index is 527. The molecule has 0 aliphatic rings. The molecule has 1 aromatic carbocycles. The van der Waals surface area contributed by atoms with Gasteiger partial charge in [-0.15, -0.1) is 10.2 Å². The van der Waals surface area contributed by atoms with Gasteiger partial charge in [-0.2, -0.15) is 0 Å². The van der Waals surface area contributed by atoms with Crippen LogP contribution in [-0.4, -0.2) is 21.9 Å². The van der Waals surface area contributed by atoms with Gasteiger partial charge in [-0.1, -0.05) is 27.7 Å². The SMILES string of the molecule is NC(=O)CSc1nnc(-c2ccc(Br)cc2)o1. The van der Waals surface area contributed by atoms with Crippen molar-refractivity contribution in [2.75, 3.05) is 5.75 Å². The number of hydrogen-bond acceptors (Lipinski definition) is 5. The van der Waals surface area contributed by atoms with Crippen molar-refractivity contribution in [3.8, 4) is 11.5 Å². The summed E-state index contributed by atoms with van der Waals surface area (Å²) in [5, 5.41) is 8.04. The maximum absolute atomic E-state index is 10.6. The number of thioether (sulfide) groups is 1. The number of carbonyl (C=O) groups excluding carboxylic acids is 1. The van der Waals surface area contributed by atoms with Crippen molar-refractivity contribution >= 4 is 33.6 Å². The Morgan fingerprint density at radius 2 is 2.06 bits per heavy atom. The standard InChI is InChI=1S/C10H8BrN3O2S/c11-7-3-1-6(2-4-7)9-13-14-10(16-9)17-5-8(12)15/h1-4H,5H2,(H2,12,15). The molecule has 1 aromatic heterocycles. The minimum Gasteiger partial charge on any atom is -0.411 e. The summed E-state index contributed by atoms with van der Waals surface area (Å²) in [6.07, 6.45) is 0. The van der Waals surface area contributed by atoms with Gasteiger partial charge in [0.15, 0.2) is 0 Å².